The Balaban J connectivity index is 1.71. The molecule has 4 nitrogen and oxygen atoms in total. The Hall–Kier alpha value is -1.62. The lowest BCUT2D eigenvalue weighted by Gasteiger charge is -2.35. The summed E-state index contributed by atoms with van der Waals surface area (Å²) in [5.74, 6) is 0.852. The molecule has 0 unspecified atom stereocenters. The summed E-state index contributed by atoms with van der Waals surface area (Å²) in [7, 11) is 4.24. The van der Waals surface area contributed by atoms with Crippen molar-refractivity contribution in [1.82, 2.24) is 9.88 Å². The number of carbonyl (C=O) groups is 1. The molecule has 0 aliphatic carbocycles. The second-order valence-electron chi connectivity index (χ2n) is 6.86. The maximum atomic E-state index is 12.6. The van der Waals surface area contributed by atoms with Gasteiger partial charge in [-0.2, -0.15) is 0 Å². The van der Waals surface area contributed by atoms with Crippen LogP contribution in [0.5, 0.6) is 0 Å². The van der Waals surface area contributed by atoms with Crippen molar-refractivity contribution in [3.05, 3.63) is 57.7 Å². The summed E-state index contributed by atoms with van der Waals surface area (Å²) in [6.07, 6.45) is 2.47. The van der Waals surface area contributed by atoms with Gasteiger partial charge in [-0.3, -0.25) is 4.79 Å². The summed E-state index contributed by atoms with van der Waals surface area (Å²) in [4.78, 5) is 21.9. The summed E-state index contributed by atoms with van der Waals surface area (Å²) in [5.41, 5.74) is 1.23. The fourth-order valence-electron chi connectivity index (χ4n) is 3.31. The third-order valence-electron chi connectivity index (χ3n) is 4.96. The van der Waals surface area contributed by atoms with Crippen LogP contribution in [-0.2, 0) is 6.42 Å². The normalized spacial score (nSPS) is 15.8. The van der Waals surface area contributed by atoms with Gasteiger partial charge in [0.05, 0.1) is 17.1 Å². The van der Waals surface area contributed by atoms with Crippen molar-refractivity contribution in [2.24, 2.45) is 0 Å². The number of aromatic nitrogens is 1. The van der Waals surface area contributed by atoms with Crippen LogP contribution in [0.2, 0.25) is 10.0 Å². The molecule has 0 N–H and O–H groups in total. The number of halogens is 2. The van der Waals surface area contributed by atoms with Gasteiger partial charge in [0.25, 0.3) is 0 Å². The number of pyridine rings is 1. The van der Waals surface area contributed by atoms with Gasteiger partial charge in [0.2, 0.25) is 0 Å². The highest BCUT2D eigenvalue weighted by Gasteiger charge is 2.22. The standard InChI is InChI=1S/C20H23Cl2N3O/c1-24-10-8-16(9-11-24)25(2)20-5-3-4-15(23-20)13-19(26)17-7-6-14(21)12-18(17)22/h3-7,12,16H,8-11,13H2,1-2H3. The van der Waals surface area contributed by atoms with E-state index in [2.05, 4.69) is 23.9 Å². The molecule has 2 heterocycles. The summed E-state index contributed by atoms with van der Waals surface area (Å²) in [5, 5.41) is 0.897. The van der Waals surface area contributed by atoms with Crippen molar-refractivity contribution in [2.75, 3.05) is 32.1 Å². The van der Waals surface area contributed by atoms with Crippen LogP contribution in [0.3, 0.4) is 0 Å². The SMILES string of the molecule is CN1CCC(N(C)c2cccc(CC(=O)c3ccc(Cl)cc3Cl)n2)CC1. The molecule has 6 heteroatoms. The van der Waals surface area contributed by atoms with Crippen molar-refractivity contribution in [2.45, 2.75) is 25.3 Å². The Kier molecular flexibility index (Phi) is 6.17. The van der Waals surface area contributed by atoms with Gasteiger partial charge in [0.15, 0.2) is 5.78 Å². The lowest BCUT2D eigenvalue weighted by atomic mass is 10.0. The van der Waals surface area contributed by atoms with E-state index in [4.69, 9.17) is 28.2 Å². The maximum Gasteiger partial charge on any atom is 0.170 e. The Morgan fingerprint density at radius 1 is 1.23 bits per heavy atom. The zero-order valence-corrected chi connectivity index (χ0v) is 16.6. The molecule has 1 aliphatic heterocycles. The first-order chi connectivity index (χ1) is 12.4. The number of likely N-dealkylation sites (tertiary alicyclic amines) is 1. The molecule has 0 saturated carbocycles. The van der Waals surface area contributed by atoms with Crippen molar-refractivity contribution in [3.63, 3.8) is 0 Å². The Labute approximate surface area is 164 Å². The predicted octanol–water partition coefficient (Wildman–Crippen LogP) is 4.34. The first kappa shape index (κ1) is 19.2. The summed E-state index contributed by atoms with van der Waals surface area (Å²) >= 11 is 12.1. The fourth-order valence-corrected chi connectivity index (χ4v) is 3.82. The fraction of sp³-hybridized carbons (Fsp3) is 0.400. The van der Waals surface area contributed by atoms with Crippen LogP contribution in [0, 0.1) is 0 Å². The van der Waals surface area contributed by atoms with Crippen molar-refractivity contribution in [3.8, 4) is 0 Å². The van der Waals surface area contributed by atoms with Crippen LogP contribution in [0.1, 0.15) is 28.9 Å². The third kappa shape index (κ3) is 4.56. The monoisotopic (exact) mass is 391 g/mol. The summed E-state index contributed by atoms with van der Waals surface area (Å²) < 4.78 is 0. The Bertz CT molecular complexity index is 788. The second kappa shape index (κ2) is 8.38. The predicted molar refractivity (Wildman–Crippen MR) is 108 cm³/mol. The van der Waals surface area contributed by atoms with E-state index in [9.17, 15) is 4.79 Å². The molecule has 1 saturated heterocycles. The molecule has 0 amide bonds. The molecule has 3 rings (SSSR count). The highest BCUT2D eigenvalue weighted by atomic mass is 35.5. The minimum atomic E-state index is -0.0572. The molecule has 0 radical (unpaired) electrons. The molecule has 1 aromatic carbocycles. The first-order valence-electron chi connectivity index (χ1n) is 8.79. The number of ketones is 1. The average Bonchev–Trinajstić information content (AvgIpc) is 2.62. The first-order valence-corrected chi connectivity index (χ1v) is 9.55. The Morgan fingerprint density at radius 3 is 2.65 bits per heavy atom. The molecule has 2 aromatic rings. The van der Waals surface area contributed by atoms with Crippen LogP contribution < -0.4 is 4.90 Å². The third-order valence-corrected chi connectivity index (χ3v) is 5.51. The van der Waals surface area contributed by atoms with Gasteiger partial charge in [-0.15, -0.1) is 0 Å². The van der Waals surface area contributed by atoms with E-state index < -0.39 is 0 Å². The van der Waals surface area contributed by atoms with Gasteiger partial charge < -0.3 is 9.80 Å². The lowest BCUT2D eigenvalue weighted by Crippen LogP contribution is -2.42. The molecule has 1 aromatic heterocycles. The van der Waals surface area contributed by atoms with Crippen molar-refractivity contribution >= 4 is 34.8 Å². The largest absolute Gasteiger partial charge is 0.357 e. The molecule has 138 valence electrons. The number of piperidine rings is 1. The molecule has 0 atom stereocenters. The number of Topliss-reactive ketones (excluding diaryl/α,β-unsaturated/α-hetero) is 1. The lowest BCUT2D eigenvalue weighted by molar-refractivity contribution is 0.0992. The van der Waals surface area contributed by atoms with Crippen LogP contribution in [0.4, 0.5) is 5.82 Å². The van der Waals surface area contributed by atoms with Crippen molar-refractivity contribution in [1.29, 1.82) is 0 Å². The maximum absolute atomic E-state index is 12.6. The van der Waals surface area contributed by atoms with E-state index in [0.29, 0.717) is 21.7 Å². The number of hydrogen-bond acceptors (Lipinski definition) is 4. The van der Waals surface area contributed by atoms with E-state index in [0.717, 1.165) is 37.4 Å². The zero-order chi connectivity index (χ0) is 18.7. The van der Waals surface area contributed by atoms with Gasteiger partial charge in [0.1, 0.15) is 5.82 Å². The number of rotatable bonds is 5. The van der Waals surface area contributed by atoms with Crippen LogP contribution in [0.15, 0.2) is 36.4 Å². The number of anilines is 1. The molecule has 1 aliphatic rings. The van der Waals surface area contributed by atoms with Gasteiger partial charge in [-0.25, -0.2) is 4.98 Å². The van der Waals surface area contributed by atoms with E-state index >= 15 is 0 Å². The van der Waals surface area contributed by atoms with E-state index in [1.807, 2.05) is 18.2 Å². The summed E-state index contributed by atoms with van der Waals surface area (Å²) in [6.45, 7) is 2.20. The van der Waals surface area contributed by atoms with Crippen LogP contribution >= 0.6 is 23.2 Å². The number of carbonyl (C=O) groups excluding carboxylic acids is 1. The van der Waals surface area contributed by atoms with Crippen molar-refractivity contribution < 1.29 is 4.79 Å². The molecular formula is C20H23Cl2N3O. The topological polar surface area (TPSA) is 36.4 Å². The summed E-state index contributed by atoms with van der Waals surface area (Å²) in [6, 6.07) is 11.3. The number of nitrogens with zero attached hydrogens (tertiary/aromatic N) is 3. The molecule has 26 heavy (non-hydrogen) atoms. The molecular weight excluding hydrogens is 369 g/mol. The molecule has 0 spiro atoms. The number of benzene rings is 1. The smallest absolute Gasteiger partial charge is 0.170 e. The number of hydrogen-bond donors (Lipinski definition) is 0. The van der Waals surface area contributed by atoms with Gasteiger partial charge in [0, 0.05) is 23.7 Å². The van der Waals surface area contributed by atoms with Crippen LogP contribution in [0.25, 0.3) is 0 Å². The van der Waals surface area contributed by atoms with E-state index in [-0.39, 0.29) is 12.2 Å². The quantitative estimate of drug-likeness (QED) is 0.710. The molecule has 0 bridgehead atoms. The van der Waals surface area contributed by atoms with E-state index in [1.165, 1.54) is 0 Å². The minimum Gasteiger partial charge on any atom is -0.357 e. The highest BCUT2D eigenvalue weighted by molar-refractivity contribution is 6.36. The van der Waals surface area contributed by atoms with Gasteiger partial charge >= 0.3 is 0 Å². The molecule has 1 fully saturated rings. The van der Waals surface area contributed by atoms with Gasteiger partial charge in [-0.1, -0.05) is 29.3 Å². The minimum absolute atomic E-state index is 0.0572. The second-order valence-corrected chi connectivity index (χ2v) is 7.70. The van der Waals surface area contributed by atoms with Crippen LogP contribution in [-0.4, -0.2) is 48.9 Å². The Morgan fingerprint density at radius 2 is 1.96 bits per heavy atom. The van der Waals surface area contributed by atoms with E-state index in [1.54, 1.807) is 18.2 Å². The highest BCUT2D eigenvalue weighted by Crippen LogP contribution is 2.23. The van der Waals surface area contributed by atoms with Gasteiger partial charge in [-0.05, 0) is 63.3 Å². The average molecular weight is 392 g/mol. The zero-order valence-electron chi connectivity index (χ0n) is 15.1.